The standard InChI is InChI=1S/C13H19N5O/c1-9-12(15-10(2)16-13(9)19-5)17(3)7-11-6-14-18(4)8-11/h6,8H,7H2,1-5H3. The van der Waals surface area contributed by atoms with Gasteiger partial charge < -0.3 is 9.64 Å². The van der Waals surface area contributed by atoms with Crippen LogP contribution in [0.1, 0.15) is 17.0 Å². The number of aryl methyl sites for hydroxylation is 2. The van der Waals surface area contributed by atoms with Crippen molar-refractivity contribution in [3.05, 3.63) is 29.3 Å². The largest absolute Gasteiger partial charge is 0.481 e. The van der Waals surface area contributed by atoms with Gasteiger partial charge in [0.15, 0.2) is 0 Å². The maximum Gasteiger partial charge on any atom is 0.221 e. The fourth-order valence-electron chi connectivity index (χ4n) is 2.06. The van der Waals surface area contributed by atoms with Gasteiger partial charge in [0.25, 0.3) is 0 Å². The van der Waals surface area contributed by atoms with Crippen LogP contribution >= 0.6 is 0 Å². The van der Waals surface area contributed by atoms with Crippen molar-refractivity contribution in [3.8, 4) is 5.88 Å². The number of ether oxygens (including phenoxy) is 1. The van der Waals surface area contributed by atoms with E-state index < -0.39 is 0 Å². The highest BCUT2D eigenvalue weighted by Gasteiger charge is 2.14. The predicted octanol–water partition coefficient (Wildman–Crippen LogP) is 1.47. The van der Waals surface area contributed by atoms with Crippen LogP contribution in [-0.2, 0) is 13.6 Å². The summed E-state index contributed by atoms with van der Waals surface area (Å²) >= 11 is 0. The van der Waals surface area contributed by atoms with Crippen molar-refractivity contribution in [2.75, 3.05) is 19.1 Å². The van der Waals surface area contributed by atoms with E-state index in [1.807, 2.05) is 40.3 Å². The van der Waals surface area contributed by atoms with Crippen molar-refractivity contribution in [2.45, 2.75) is 20.4 Å². The summed E-state index contributed by atoms with van der Waals surface area (Å²) < 4.78 is 7.07. The van der Waals surface area contributed by atoms with Gasteiger partial charge in [0.05, 0.1) is 18.9 Å². The minimum atomic E-state index is 0.625. The maximum absolute atomic E-state index is 5.28. The zero-order chi connectivity index (χ0) is 14.0. The third-order valence-electron chi connectivity index (χ3n) is 2.92. The summed E-state index contributed by atoms with van der Waals surface area (Å²) in [5.41, 5.74) is 2.08. The molecule has 2 rings (SSSR count). The number of hydrogen-bond donors (Lipinski definition) is 0. The second-order valence-electron chi connectivity index (χ2n) is 4.61. The smallest absolute Gasteiger partial charge is 0.221 e. The first kappa shape index (κ1) is 13.3. The number of aromatic nitrogens is 4. The Bertz CT molecular complexity index is 578. The van der Waals surface area contributed by atoms with E-state index in [0.29, 0.717) is 11.7 Å². The van der Waals surface area contributed by atoms with Crippen LogP contribution in [0.2, 0.25) is 0 Å². The molecule has 19 heavy (non-hydrogen) atoms. The van der Waals surface area contributed by atoms with Gasteiger partial charge in [-0.25, -0.2) is 4.98 Å². The normalized spacial score (nSPS) is 10.6. The van der Waals surface area contributed by atoms with Gasteiger partial charge >= 0.3 is 0 Å². The molecule has 6 nitrogen and oxygen atoms in total. The van der Waals surface area contributed by atoms with Crippen molar-refractivity contribution < 1.29 is 4.74 Å². The first-order valence-corrected chi connectivity index (χ1v) is 6.09. The molecule has 2 heterocycles. The Labute approximate surface area is 113 Å². The molecule has 0 atom stereocenters. The van der Waals surface area contributed by atoms with Gasteiger partial charge in [-0.2, -0.15) is 10.1 Å². The van der Waals surface area contributed by atoms with Crippen LogP contribution in [0.25, 0.3) is 0 Å². The van der Waals surface area contributed by atoms with Gasteiger partial charge in [-0.15, -0.1) is 0 Å². The van der Waals surface area contributed by atoms with E-state index in [1.165, 1.54) is 0 Å². The molecule has 0 aliphatic rings. The van der Waals surface area contributed by atoms with Gasteiger partial charge in [-0.1, -0.05) is 0 Å². The van der Waals surface area contributed by atoms with E-state index in [2.05, 4.69) is 20.0 Å². The molecule has 6 heteroatoms. The highest BCUT2D eigenvalue weighted by Crippen LogP contribution is 2.25. The molecule has 0 spiro atoms. The van der Waals surface area contributed by atoms with Gasteiger partial charge in [0.1, 0.15) is 11.6 Å². The number of nitrogens with zero attached hydrogens (tertiary/aromatic N) is 5. The predicted molar refractivity (Wildman–Crippen MR) is 73.4 cm³/mol. The van der Waals surface area contributed by atoms with Crippen LogP contribution in [0.4, 0.5) is 5.82 Å². The Hall–Kier alpha value is -2.11. The second-order valence-corrected chi connectivity index (χ2v) is 4.61. The van der Waals surface area contributed by atoms with Gasteiger partial charge in [-0.05, 0) is 13.8 Å². The van der Waals surface area contributed by atoms with Crippen LogP contribution in [0.15, 0.2) is 12.4 Å². The fraction of sp³-hybridized carbons (Fsp3) is 0.462. The molecule has 0 aliphatic carbocycles. The molecule has 0 saturated heterocycles. The van der Waals surface area contributed by atoms with Gasteiger partial charge in [0, 0.05) is 32.4 Å². The number of methoxy groups -OCH3 is 1. The van der Waals surface area contributed by atoms with Crippen molar-refractivity contribution in [3.63, 3.8) is 0 Å². The fourth-order valence-corrected chi connectivity index (χ4v) is 2.06. The highest BCUT2D eigenvalue weighted by atomic mass is 16.5. The van der Waals surface area contributed by atoms with Crippen molar-refractivity contribution in [2.24, 2.45) is 7.05 Å². The van der Waals surface area contributed by atoms with Crippen molar-refractivity contribution in [1.82, 2.24) is 19.7 Å². The van der Waals surface area contributed by atoms with Gasteiger partial charge in [-0.3, -0.25) is 4.68 Å². The van der Waals surface area contributed by atoms with Gasteiger partial charge in [0.2, 0.25) is 5.88 Å². The van der Waals surface area contributed by atoms with E-state index in [4.69, 9.17) is 4.74 Å². The van der Waals surface area contributed by atoms with E-state index >= 15 is 0 Å². The Kier molecular flexibility index (Phi) is 3.69. The Morgan fingerprint density at radius 3 is 2.63 bits per heavy atom. The van der Waals surface area contributed by atoms with Crippen molar-refractivity contribution >= 4 is 5.82 Å². The van der Waals surface area contributed by atoms with Crippen LogP contribution < -0.4 is 9.64 Å². The van der Waals surface area contributed by atoms with E-state index in [9.17, 15) is 0 Å². The minimum Gasteiger partial charge on any atom is -0.481 e. The van der Waals surface area contributed by atoms with Crippen molar-refractivity contribution in [1.29, 1.82) is 0 Å². The number of rotatable bonds is 4. The van der Waals surface area contributed by atoms with Crippen LogP contribution in [-0.4, -0.2) is 33.9 Å². The molecule has 102 valence electrons. The molecule has 0 saturated carbocycles. The quantitative estimate of drug-likeness (QED) is 0.834. The summed E-state index contributed by atoms with van der Waals surface area (Å²) in [4.78, 5) is 10.8. The average Bonchev–Trinajstić information content (AvgIpc) is 2.77. The Morgan fingerprint density at radius 1 is 1.32 bits per heavy atom. The molecule has 2 aromatic rings. The lowest BCUT2D eigenvalue weighted by molar-refractivity contribution is 0.392. The first-order chi connectivity index (χ1) is 9.01. The molecule has 0 bridgehead atoms. The zero-order valence-electron chi connectivity index (χ0n) is 12.0. The third-order valence-corrected chi connectivity index (χ3v) is 2.92. The Balaban J connectivity index is 2.28. The molecule has 0 aromatic carbocycles. The SMILES string of the molecule is COc1nc(C)nc(N(C)Cc2cnn(C)c2)c1C. The summed E-state index contributed by atoms with van der Waals surface area (Å²) in [6.07, 6.45) is 3.86. The lowest BCUT2D eigenvalue weighted by Crippen LogP contribution is -2.19. The highest BCUT2D eigenvalue weighted by molar-refractivity contribution is 5.50. The molecular weight excluding hydrogens is 242 g/mol. The maximum atomic E-state index is 5.28. The average molecular weight is 261 g/mol. The molecule has 2 aromatic heterocycles. The summed E-state index contributed by atoms with van der Waals surface area (Å²) in [6, 6.07) is 0. The zero-order valence-corrected chi connectivity index (χ0v) is 12.0. The summed E-state index contributed by atoms with van der Waals surface area (Å²) in [5.74, 6) is 2.21. The molecule has 0 aliphatic heterocycles. The summed E-state index contributed by atoms with van der Waals surface area (Å²) in [6.45, 7) is 4.57. The lowest BCUT2D eigenvalue weighted by atomic mass is 10.2. The monoisotopic (exact) mass is 261 g/mol. The number of hydrogen-bond acceptors (Lipinski definition) is 5. The summed E-state index contributed by atoms with van der Waals surface area (Å²) in [7, 11) is 5.54. The topological polar surface area (TPSA) is 56.1 Å². The van der Waals surface area contributed by atoms with E-state index in [1.54, 1.807) is 11.8 Å². The first-order valence-electron chi connectivity index (χ1n) is 6.09. The van der Waals surface area contributed by atoms with E-state index in [-0.39, 0.29) is 0 Å². The van der Waals surface area contributed by atoms with Crippen LogP contribution in [0.5, 0.6) is 5.88 Å². The van der Waals surface area contributed by atoms with Crippen LogP contribution in [0, 0.1) is 13.8 Å². The molecule has 0 fully saturated rings. The molecular formula is C13H19N5O. The number of anilines is 1. The lowest BCUT2D eigenvalue weighted by Gasteiger charge is -2.20. The minimum absolute atomic E-state index is 0.625. The van der Waals surface area contributed by atoms with E-state index in [0.717, 1.165) is 23.5 Å². The molecule has 0 unspecified atom stereocenters. The van der Waals surface area contributed by atoms with Crippen LogP contribution in [0.3, 0.4) is 0 Å². The molecule has 0 radical (unpaired) electrons. The third kappa shape index (κ3) is 2.83. The Morgan fingerprint density at radius 2 is 2.05 bits per heavy atom. The summed E-state index contributed by atoms with van der Waals surface area (Å²) in [5, 5.41) is 4.17. The molecule has 0 amide bonds. The second kappa shape index (κ2) is 5.26. The molecule has 0 N–H and O–H groups in total.